The van der Waals surface area contributed by atoms with E-state index < -0.39 is 0 Å². The fraction of sp³-hybridized carbons (Fsp3) is 0.182. The second-order valence-corrected chi connectivity index (χ2v) is 6.18. The van der Waals surface area contributed by atoms with Crippen molar-refractivity contribution in [1.29, 1.82) is 0 Å². The van der Waals surface area contributed by atoms with E-state index >= 15 is 0 Å². The maximum Gasteiger partial charge on any atom is 0.126 e. The minimum Gasteiger partial charge on any atom is -0.207 e. The van der Waals surface area contributed by atoms with Crippen LogP contribution in [0.4, 0.5) is 4.39 Å². The van der Waals surface area contributed by atoms with Gasteiger partial charge in [-0.25, -0.2) is 4.39 Å². The predicted molar refractivity (Wildman–Crippen MR) is 95.1 cm³/mol. The van der Waals surface area contributed by atoms with Crippen LogP contribution >= 0.6 is 0 Å². The van der Waals surface area contributed by atoms with Gasteiger partial charge in [0, 0.05) is 0 Å². The van der Waals surface area contributed by atoms with Gasteiger partial charge in [-0.1, -0.05) is 73.7 Å². The lowest BCUT2D eigenvalue weighted by Gasteiger charge is -2.12. The van der Waals surface area contributed by atoms with Crippen molar-refractivity contribution in [3.8, 4) is 11.1 Å². The molecule has 0 heterocycles. The van der Waals surface area contributed by atoms with Gasteiger partial charge >= 0.3 is 0 Å². The Bertz CT molecular complexity index is 773. The number of rotatable bonds is 4. The molecule has 3 aromatic carbocycles. The highest BCUT2D eigenvalue weighted by atomic mass is 19.1. The third-order valence-electron chi connectivity index (χ3n) is 4.37. The van der Waals surface area contributed by atoms with Crippen LogP contribution in [-0.2, 0) is 6.42 Å². The number of hydrogen-bond acceptors (Lipinski definition) is 0. The minimum absolute atomic E-state index is 0.149. The zero-order valence-corrected chi connectivity index (χ0v) is 13.6. The van der Waals surface area contributed by atoms with Crippen LogP contribution in [0.15, 0.2) is 72.8 Å². The molecule has 0 saturated carbocycles. The Balaban J connectivity index is 1.75. The topological polar surface area (TPSA) is 0 Å². The fourth-order valence-electron chi connectivity index (χ4n) is 2.86. The Hall–Kier alpha value is -2.41. The van der Waals surface area contributed by atoms with Gasteiger partial charge in [0.25, 0.3) is 0 Å². The van der Waals surface area contributed by atoms with E-state index in [1.165, 1.54) is 11.1 Å². The number of halogens is 1. The van der Waals surface area contributed by atoms with Crippen LogP contribution in [0.1, 0.15) is 29.5 Å². The van der Waals surface area contributed by atoms with Crippen LogP contribution in [-0.4, -0.2) is 0 Å². The molecule has 0 aromatic heterocycles. The minimum atomic E-state index is -0.149. The van der Waals surface area contributed by atoms with Crippen molar-refractivity contribution in [2.75, 3.05) is 0 Å². The Labute approximate surface area is 137 Å². The van der Waals surface area contributed by atoms with E-state index in [9.17, 15) is 4.39 Å². The first-order valence-electron chi connectivity index (χ1n) is 8.04. The van der Waals surface area contributed by atoms with Gasteiger partial charge in [-0.2, -0.15) is 0 Å². The predicted octanol–water partition coefficient (Wildman–Crippen LogP) is 6.15. The Morgan fingerprint density at radius 1 is 0.826 bits per heavy atom. The summed E-state index contributed by atoms with van der Waals surface area (Å²) in [6, 6.07) is 24.4. The summed E-state index contributed by atoms with van der Waals surface area (Å²) < 4.78 is 13.7. The van der Waals surface area contributed by atoms with E-state index in [0.29, 0.717) is 11.5 Å². The maximum absolute atomic E-state index is 13.7. The number of benzene rings is 3. The summed E-state index contributed by atoms with van der Waals surface area (Å²) in [7, 11) is 0. The molecule has 0 amide bonds. The van der Waals surface area contributed by atoms with Gasteiger partial charge in [-0.3, -0.25) is 0 Å². The smallest absolute Gasteiger partial charge is 0.126 e. The quantitative estimate of drug-likeness (QED) is 0.542. The first-order valence-corrected chi connectivity index (χ1v) is 8.04. The molecule has 0 spiro atoms. The van der Waals surface area contributed by atoms with Crippen molar-refractivity contribution in [2.24, 2.45) is 0 Å². The second kappa shape index (κ2) is 6.78. The van der Waals surface area contributed by atoms with Crippen LogP contribution in [0.5, 0.6) is 0 Å². The number of aryl methyl sites for hydroxylation is 1. The summed E-state index contributed by atoms with van der Waals surface area (Å²) in [6.45, 7) is 4.03. The summed E-state index contributed by atoms with van der Waals surface area (Å²) in [4.78, 5) is 0. The molecule has 0 fully saturated rings. The molecule has 3 rings (SSSR count). The van der Waals surface area contributed by atoms with E-state index in [-0.39, 0.29) is 5.82 Å². The van der Waals surface area contributed by atoms with Crippen molar-refractivity contribution in [2.45, 2.75) is 26.2 Å². The van der Waals surface area contributed by atoms with Crippen LogP contribution in [0.3, 0.4) is 0 Å². The Morgan fingerprint density at radius 2 is 1.48 bits per heavy atom. The van der Waals surface area contributed by atoms with E-state index in [2.05, 4.69) is 55.5 Å². The molecule has 0 nitrogen and oxygen atoms in total. The first kappa shape index (κ1) is 15.5. The van der Waals surface area contributed by atoms with Gasteiger partial charge < -0.3 is 0 Å². The molecule has 0 aliphatic rings. The van der Waals surface area contributed by atoms with E-state index in [1.807, 2.05) is 18.2 Å². The molecule has 0 radical (unpaired) electrons. The first-order chi connectivity index (χ1) is 11.1. The maximum atomic E-state index is 13.7. The summed E-state index contributed by atoms with van der Waals surface area (Å²) in [5.41, 5.74) is 5.33. The van der Waals surface area contributed by atoms with E-state index in [1.54, 1.807) is 13.0 Å². The standard InChI is InChI=1S/C22H21F/c1-16-8-11-21(15-22(16)23)20-12-9-18(10-13-20)14-17(2)19-6-4-3-5-7-19/h3-13,15,17H,14H2,1-2H3/t17-/m1/s1. The third kappa shape index (κ3) is 3.68. The van der Waals surface area contributed by atoms with Crippen molar-refractivity contribution >= 4 is 0 Å². The van der Waals surface area contributed by atoms with Gasteiger partial charge in [0.05, 0.1) is 0 Å². The average molecular weight is 304 g/mol. The van der Waals surface area contributed by atoms with E-state index in [4.69, 9.17) is 0 Å². The molecule has 0 aliphatic carbocycles. The molecule has 0 aliphatic heterocycles. The SMILES string of the molecule is Cc1ccc(-c2ccc(C[C@@H](C)c3ccccc3)cc2)cc1F. The van der Waals surface area contributed by atoms with E-state index in [0.717, 1.165) is 17.5 Å². The molecule has 0 saturated heterocycles. The van der Waals surface area contributed by atoms with Crippen LogP contribution in [0, 0.1) is 12.7 Å². The summed E-state index contributed by atoms with van der Waals surface area (Å²) >= 11 is 0. The van der Waals surface area contributed by atoms with Crippen molar-refractivity contribution in [3.05, 3.63) is 95.3 Å². The Kier molecular flexibility index (Phi) is 4.57. The molecular formula is C22H21F. The molecule has 1 atom stereocenters. The number of hydrogen-bond donors (Lipinski definition) is 0. The lowest BCUT2D eigenvalue weighted by molar-refractivity contribution is 0.619. The highest BCUT2D eigenvalue weighted by Crippen LogP contribution is 2.25. The zero-order valence-electron chi connectivity index (χ0n) is 13.6. The second-order valence-electron chi connectivity index (χ2n) is 6.18. The molecule has 0 bridgehead atoms. The highest BCUT2D eigenvalue weighted by Gasteiger charge is 2.07. The van der Waals surface area contributed by atoms with Crippen LogP contribution in [0.25, 0.3) is 11.1 Å². The van der Waals surface area contributed by atoms with Crippen molar-refractivity contribution in [1.82, 2.24) is 0 Å². The molecule has 23 heavy (non-hydrogen) atoms. The van der Waals surface area contributed by atoms with Crippen LogP contribution in [0.2, 0.25) is 0 Å². The molecule has 1 heteroatoms. The molecular weight excluding hydrogens is 283 g/mol. The molecule has 116 valence electrons. The normalized spacial score (nSPS) is 12.1. The van der Waals surface area contributed by atoms with Gasteiger partial charge in [0.2, 0.25) is 0 Å². The largest absolute Gasteiger partial charge is 0.207 e. The summed E-state index contributed by atoms with van der Waals surface area (Å²) in [6.07, 6.45) is 1.01. The van der Waals surface area contributed by atoms with Gasteiger partial charge in [-0.05, 0) is 53.1 Å². The fourth-order valence-corrected chi connectivity index (χ4v) is 2.86. The molecule has 0 N–H and O–H groups in total. The molecule has 0 unspecified atom stereocenters. The average Bonchev–Trinajstić information content (AvgIpc) is 2.59. The van der Waals surface area contributed by atoms with Gasteiger partial charge in [-0.15, -0.1) is 0 Å². The monoisotopic (exact) mass is 304 g/mol. The van der Waals surface area contributed by atoms with Gasteiger partial charge in [0.1, 0.15) is 5.82 Å². The zero-order chi connectivity index (χ0) is 16.2. The lowest BCUT2D eigenvalue weighted by Crippen LogP contribution is -1.98. The highest BCUT2D eigenvalue weighted by molar-refractivity contribution is 5.64. The third-order valence-corrected chi connectivity index (χ3v) is 4.37. The van der Waals surface area contributed by atoms with Crippen molar-refractivity contribution < 1.29 is 4.39 Å². The van der Waals surface area contributed by atoms with Gasteiger partial charge in [0.15, 0.2) is 0 Å². The lowest BCUT2D eigenvalue weighted by atomic mass is 9.93. The Morgan fingerprint density at radius 3 is 2.13 bits per heavy atom. The van der Waals surface area contributed by atoms with Crippen LogP contribution < -0.4 is 0 Å². The van der Waals surface area contributed by atoms with Crippen molar-refractivity contribution in [3.63, 3.8) is 0 Å². The summed E-state index contributed by atoms with van der Waals surface area (Å²) in [5.74, 6) is 0.336. The molecule has 3 aromatic rings. The summed E-state index contributed by atoms with van der Waals surface area (Å²) in [5, 5.41) is 0.